The molecule has 3 rings (SSSR count). The molecule has 0 unspecified atom stereocenters. The van der Waals surface area contributed by atoms with Crippen LogP contribution in [0.4, 0.5) is 5.00 Å². The van der Waals surface area contributed by atoms with Crippen molar-refractivity contribution in [2.45, 2.75) is 31.1 Å². The van der Waals surface area contributed by atoms with Crippen LogP contribution in [0.5, 0.6) is 0 Å². The van der Waals surface area contributed by atoms with E-state index in [1.165, 1.54) is 52.4 Å². The third-order valence-corrected chi connectivity index (χ3v) is 6.89. The van der Waals surface area contributed by atoms with Gasteiger partial charge in [-0.3, -0.25) is 9.59 Å². The molecule has 9 heteroatoms. The number of hydrogen-bond donors (Lipinski definition) is 3. The molecule has 0 saturated heterocycles. The number of nitrogens with two attached hydrogens (primary N) is 2. The quantitative estimate of drug-likeness (QED) is 0.732. The third-order valence-electron chi connectivity index (χ3n) is 3.65. The maximum absolute atomic E-state index is 11.2. The summed E-state index contributed by atoms with van der Waals surface area (Å²) >= 11 is 4.50. The first-order valence-electron chi connectivity index (χ1n) is 7.35. The van der Waals surface area contributed by atoms with E-state index in [0.717, 1.165) is 17.8 Å². The number of thiophene rings is 1. The molecule has 1 atom stereocenters. The minimum absolute atomic E-state index is 0.146. The summed E-state index contributed by atoms with van der Waals surface area (Å²) in [6.07, 6.45) is 4.58. The first-order chi connectivity index (χ1) is 11.0. The summed E-state index contributed by atoms with van der Waals surface area (Å²) in [6.45, 7) is 0. The Bertz CT molecular complexity index is 671. The van der Waals surface area contributed by atoms with Gasteiger partial charge in [0.15, 0.2) is 5.17 Å². The molecule has 2 aliphatic rings. The van der Waals surface area contributed by atoms with Crippen molar-refractivity contribution in [2.24, 2.45) is 16.5 Å². The van der Waals surface area contributed by atoms with Gasteiger partial charge in [0.25, 0.3) is 0 Å². The number of carbonyl (C=O) groups is 2. The SMILES string of the molecule is NC(=O)CSC1=N[C@H](SCC(N)=O)c2c(sc3c2CCCC3)N1. The number of rotatable bonds is 5. The number of nitrogens with zero attached hydrogens (tertiary/aromatic N) is 1. The molecule has 5 N–H and O–H groups in total. The van der Waals surface area contributed by atoms with Crippen molar-refractivity contribution < 1.29 is 9.59 Å². The van der Waals surface area contributed by atoms with Crippen LogP contribution in [0, 0.1) is 0 Å². The number of carbonyl (C=O) groups excluding carboxylic acids is 2. The minimum Gasteiger partial charge on any atom is -0.369 e. The Balaban J connectivity index is 1.87. The van der Waals surface area contributed by atoms with Crippen molar-refractivity contribution in [3.05, 3.63) is 16.0 Å². The summed E-state index contributed by atoms with van der Waals surface area (Å²) in [6, 6.07) is 0. The molecule has 0 spiro atoms. The van der Waals surface area contributed by atoms with Gasteiger partial charge in [0.1, 0.15) is 10.4 Å². The first-order valence-corrected chi connectivity index (χ1v) is 10.2. The smallest absolute Gasteiger partial charge is 0.227 e. The number of anilines is 1. The van der Waals surface area contributed by atoms with Crippen LogP contribution in [-0.4, -0.2) is 28.5 Å². The molecule has 2 heterocycles. The van der Waals surface area contributed by atoms with Gasteiger partial charge in [0.2, 0.25) is 11.8 Å². The third kappa shape index (κ3) is 3.84. The topological polar surface area (TPSA) is 111 Å². The molecule has 6 nitrogen and oxygen atoms in total. The fourth-order valence-electron chi connectivity index (χ4n) is 2.74. The van der Waals surface area contributed by atoms with Crippen molar-refractivity contribution in [1.82, 2.24) is 0 Å². The summed E-state index contributed by atoms with van der Waals surface area (Å²) in [7, 11) is 0. The number of amidine groups is 1. The van der Waals surface area contributed by atoms with E-state index in [2.05, 4.69) is 10.3 Å². The zero-order chi connectivity index (χ0) is 16.4. The van der Waals surface area contributed by atoms with Crippen LogP contribution in [0.1, 0.15) is 34.2 Å². The zero-order valence-electron chi connectivity index (χ0n) is 12.5. The zero-order valence-corrected chi connectivity index (χ0v) is 14.9. The van der Waals surface area contributed by atoms with Crippen LogP contribution in [0.25, 0.3) is 0 Å². The van der Waals surface area contributed by atoms with Gasteiger partial charge >= 0.3 is 0 Å². The van der Waals surface area contributed by atoms with E-state index in [4.69, 9.17) is 11.5 Å². The second kappa shape index (κ2) is 7.14. The minimum atomic E-state index is -0.378. The number of fused-ring (bicyclic) bond motifs is 3. The molecule has 1 aliphatic heterocycles. The summed E-state index contributed by atoms with van der Waals surface area (Å²) < 4.78 is 0. The van der Waals surface area contributed by atoms with Gasteiger partial charge < -0.3 is 16.8 Å². The maximum atomic E-state index is 11.2. The van der Waals surface area contributed by atoms with Gasteiger partial charge in [-0.1, -0.05) is 11.8 Å². The lowest BCUT2D eigenvalue weighted by Crippen LogP contribution is -2.21. The predicted molar refractivity (Wildman–Crippen MR) is 98.1 cm³/mol. The van der Waals surface area contributed by atoms with E-state index in [1.807, 2.05) is 0 Å². The lowest BCUT2D eigenvalue weighted by molar-refractivity contribution is -0.116. The number of thioether (sulfide) groups is 2. The first kappa shape index (κ1) is 16.7. The molecule has 2 amide bonds. The van der Waals surface area contributed by atoms with Gasteiger partial charge in [-0.2, -0.15) is 0 Å². The molecule has 1 aromatic heterocycles. The average Bonchev–Trinajstić information content (AvgIpc) is 2.89. The molecule has 1 aliphatic carbocycles. The monoisotopic (exact) mass is 370 g/mol. The molecule has 0 bridgehead atoms. The fourth-order valence-corrected chi connectivity index (χ4v) is 5.83. The van der Waals surface area contributed by atoms with Crippen LogP contribution >= 0.6 is 34.9 Å². The maximum Gasteiger partial charge on any atom is 0.227 e. The van der Waals surface area contributed by atoms with Crippen LogP contribution in [-0.2, 0) is 22.4 Å². The summed E-state index contributed by atoms with van der Waals surface area (Å²) in [4.78, 5) is 28.2. The normalized spacial score (nSPS) is 19.3. The van der Waals surface area contributed by atoms with Gasteiger partial charge in [-0.15, -0.1) is 23.1 Å². The van der Waals surface area contributed by atoms with Crippen LogP contribution in [0.3, 0.4) is 0 Å². The highest BCUT2D eigenvalue weighted by molar-refractivity contribution is 8.14. The second-order valence-electron chi connectivity index (χ2n) is 5.40. The van der Waals surface area contributed by atoms with Crippen LogP contribution in [0.15, 0.2) is 4.99 Å². The molecule has 0 saturated carbocycles. The van der Waals surface area contributed by atoms with Gasteiger partial charge in [-0.05, 0) is 31.2 Å². The van der Waals surface area contributed by atoms with Crippen molar-refractivity contribution in [1.29, 1.82) is 0 Å². The summed E-state index contributed by atoms with van der Waals surface area (Å²) in [5, 5.41) is 4.94. The second-order valence-corrected chi connectivity index (χ2v) is 8.54. The highest BCUT2D eigenvalue weighted by atomic mass is 32.2. The molecular formula is C14H18N4O2S3. The molecule has 0 aromatic carbocycles. The van der Waals surface area contributed by atoms with Crippen molar-refractivity contribution >= 4 is 56.8 Å². The van der Waals surface area contributed by atoms with Gasteiger partial charge in [0.05, 0.1) is 11.5 Å². The summed E-state index contributed by atoms with van der Waals surface area (Å²) in [5.41, 5.74) is 13.1. The molecule has 23 heavy (non-hydrogen) atoms. The Morgan fingerprint density at radius 1 is 1.22 bits per heavy atom. The number of aliphatic imine (C=N–C) groups is 1. The van der Waals surface area contributed by atoms with E-state index in [0.29, 0.717) is 5.17 Å². The van der Waals surface area contributed by atoms with E-state index in [-0.39, 0.29) is 28.7 Å². The van der Waals surface area contributed by atoms with E-state index in [1.54, 1.807) is 11.3 Å². The Kier molecular flexibility index (Phi) is 5.17. The molecule has 0 fully saturated rings. The van der Waals surface area contributed by atoms with Crippen LogP contribution < -0.4 is 16.8 Å². The Morgan fingerprint density at radius 2 is 1.96 bits per heavy atom. The van der Waals surface area contributed by atoms with E-state index in [9.17, 15) is 9.59 Å². The lowest BCUT2D eigenvalue weighted by Gasteiger charge is -2.23. The highest BCUT2D eigenvalue weighted by Crippen LogP contribution is 2.48. The van der Waals surface area contributed by atoms with E-state index < -0.39 is 0 Å². The molecule has 0 radical (unpaired) electrons. The molecule has 124 valence electrons. The van der Waals surface area contributed by atoms with Crippen molar-refractivity contribution in [3.8, 4) is 0 Å². The average molecular weight is 371 g/mol. The molecule has 1 aromatic rings. The van der Waals surface area contributed by atoms with Gasteiger partial charge in [0, 0.05) is 10.4 Å². The van der Waals surface area contributed by atoms with E-state index >= 15 is 0 Å². The standard InChI is InChI=1S/C14H18N4O2S3/c15-9(19)5-21-12-11-7-3-1-2-4-8(7)23-13(11)18-14(17-12)22-6-10(16)20/h12H,1-6H2,(H2,15,19)(H2,16,20)(H,17,18)/t12-/m1/s1. The Morgan fingerprint density at radius 3 is 2.70 bits per heavy atom. The largest absolute Gasteiger partial charge is 0.369 e. The Labute approximate surface area is 146 Å². The molecular weight excluding hydrogens is 352 g/mol. The van der Waals surface area contributed by atoms with Crippen molar-refractivity contribution in [2.75, 3.05) is 16.8 Å². The fraction of sp³-hybridized carbons (Fsp3) is 0.500. The number of nitrogens with one attached hydrogen (secondary N) is 1. The number of primary amides is 2. The Hall–Kier alpha value is -1.19. The number of aryl methyl sites for hydroxylation is 1. The van der Waals surface area contributed by atoms with Crippen molar-refractivity contribution in [3.63, 3.8) is 0 Å². The highest BCUT2D eigenvalue weighted by Gasteiger charge is 2.30. The lowest BCUT2D eigenvalue weighted by atomic mass is 9.95. The number of amides is 2. The number of hydrogen-bond acceptors (Lipinski definition) is 7. The predicted octanol–water partition coefficient (Wildman–Crippen LogP) is 1.84. The summed E-state index contributed by atoms with van der Waals surface area (Å²) in [5.74, 6) is -0.316. The van der Waals surface area contributed by atoms with Crippen LogP contribution in [0.2, 0.25) is 0 Å². The van der Waals surface area contributed by atoms with Gasteiger partial charge in [-0.25, -0.2) is 4.99 Å².